The topological polar surface area (TPSA) is 46.7 Å². The van der Waals surface area contributed by atoms with Gasteiger partial charge in [-0.1, -0.05) is 211 Å². The number of thiophene rings is 1. The lowest BCUT2D eigenvalue weighted by Crippen LogP contribution is -2.66. The van der Waals surface area contributed by atoms with Crippen molar-refractivity contribution in [3.63, 3.8) is 0 Å². The summed E-state index contributed by atoms with van der Waals surface area (Å²) in [5.74, 6) is 0. The van der Waals surface area contributed by atoms with Crippen molar-refractivity contribution in [1.82, 2.24) is 0 Å². The first-order valence-electron chi connectivity index (χ1n) is 30.6. The van der Waals surface area contributed by atoms with E-state index in [0.29, 0.717) is 5.56 Å². The van der Waals surface area contributed by atoms with Gasteiger partial charge in [-0.15, -0.1) is 11.3 Å². The fraction of sp³-hybridized carbons (Fsp3) is 0.138. The molecule has 0 amide bonds. The molecule has 0 saturated heterocycles. The summed E-state index contributed by atoms with van der Waals surface area (Å²) in [5, 5.41) is 17.7. The van der Waals surface area contributed by atoms with Gasteiger partial charge in [-0.25, -0.2) is 0 Å². The average Bonchev–Trinajstić information content (AvgIpc) is 1.22. The highest BCUT2D eigenvalue weighted by molar-refractivity contribution is 7.33. The van der Waals surface area contributed by atoms with Crippen LogP contribution in [0.3, 0.4) is 0 Å². The monoisotopic (exact) mass is 1170 g/mol. The van der Waals surface area contributed by atoms with Gasteiger partial charge in [0, 0.05) is 65.3 Å². The minimum atomic E-state index is -2.96. The second-order valence-electron chi connectivity index (χ2n) is 26.3. The maximum atomic E-state index is 10.3. The van der Waals surface area contributed by atoms with Crippen molar-refractivity contribution in [2.24, 2.45) is 0 Å². The summed E-state index contributed by atoms with van der Waals surface area (Å²) < 4.78 is 9.73. The van der Waals surface area contributed by atoms with Crippen molar-refractivity contribution in [2.45, 2.75) is 72.8 Å². The molecule has 88 heavy (non-hydrogen) atoms. The van der Waals surface area contributed by atoms with E-state index in [1.165, 1.54) is 69.3 Å². The van der Waals surface area contributed by atoms with E-state index in [2.05, 4.69) is 313 Å². The molecule has 13 aromatic rings. The Hall–Kier alpha value is -9.65. The molecule has 2 aromatic heterocycles. The minimum absolute atomic E-state index is 0.0343. The fourth-order valence-corrected chi connectivity index (χ4v) is 19.0. The molecule has 2 aliphatic heterocycles. The van der Waals surface area contributed by atoms with Gasteiger partial charge in [0.15, 0.2) is 5.58 Å². The largest absolute Gasteiger partial charge is 0.454 e. The molecule has 11 aromatic carbocycles. The van der Waals surface area contributed by atoms with Crippen molar-refractivity contribution in [3.05, 3.63) is 270 Å². The summed E-state index contributed by atoms with van der Waals surface area (Å²) in [5.41, 5.74) is 21.6. The maximum absolute atomic E-state index is 10.3. The Morgan fingerprint density at radius 2 is 1.14 bits per heavy atom. The lowest BCUT2D eigenvalue weighted by atomic mass is 9.36. The van der Waals surface area contributed by atoms with Crippen LogP contribution in [0.5, 0.6) is 0 Å². The van der Waals surface area contributed by atoms with E-state index in [-0.39, 0.29) is 17.5 Å². The first-order valence-corrected chi connectivity index (χ1v) is 34.0. The van der Waals surface area contributed by atoms with Gasteiger partial charge in [0.1, 0.15) is 13.7 Å². The zero-order valence-corrected chi connectivity index (χ0v) is 53.1. The molecule has 5 nitrogen and oxygen atoms in total. The number of hydrogen-bond donors (Lipinski definition) is 0. The Bertz CT molecular complexity index is 4920. The second-order valence-corrected chi connectivity index (χ2v) is 31.4. The zero-order chi connectivity index (χ0) is 60.4. The SMILES string of the molecule is Cc1cccc([Si](C)(c2cccc(C)c2)c2cc3c4c(c2)N(c2cccc5c2oc2ccccc25)c2cc(N(c5ccc(C(C)(C)C)cc5)c5ccccc5-c5ccccc5)ccc2B4c2sc4ccc(C(C)(C)C)cc4c2N3c2ccc(C#N)cc2)c1. The van der Waals surface area contributed by atoms with Crippen LogP contribution in [-0.2, 0) is 10.8 Å². The molecule has 0 unspecified atom stereocenters. The Morgan fingerprint density at radius 3 is 1.83 bits per heavy atom. The average molecular weight is 1170 g/mol. The van der Waals surface area contributed by atoms with Gasteiger partial charge in [0.25, 0.3) is 6.71 Å². The molecule has 0 bridgehead atoms. The van der Waals surface area contributed by atoms with Gasteiger partial charge in [-0.2, -0.15) is 5.26 Å². The Labute approximate surface area is 522 Å². The van der Waals surface area contributed by atoms with Crippen LogP contribution in [-0.4, -0.2) is 14.8 Å². The van der Waals surface area contributed by atoms with E-state index in [0.717, 1.165) is 78.6 Å². The molecule has 0 fully saturated rings. The van der Waals surface area contributed by atoms with Crippen LogP contribution < -0.4 is 46.0 Å². The number of benzene rings is 11. The molecule has 8 heteroatoms. The number of anilines is 9. The van der Waals surface area contributed by atoms with Crippen LogP contribution in [0.2, 0.25) is 6.55 Å². The Kier molecular flexibility index (Phi) is 13.0. The molecular weight excluding hydrogens is 1100 g/mol. The first kappa shape index (κ1) is 55.0. The number of fused-ring (bicyclic) bond motifs is 9. The lowest BCUT2D eigenvalue weighted by molar-refractivity contribution is 0.590. The number of hydrogen-bond acceptors (Lipinski definition) is 6. The molecule has 0 aliphatic carbocycles. The summed E-state index contributed by atoms with van der Waals surface area (Å²) in [6.45, 7) is 20.6. The van der Waals surface area contributed by atoms with Gasteiger partial charge in [-0.3, -0.25) is 0 Å². The third-order valence-electron chi connectivity index (χ3n) is 18.6. The van der Waals surface area contributed by atoms with Crippen molar-refractivity contribution in [3.8, 4) is 17.2 Å². The third-order valence-corrected chi connectivity index (χ3v) is 24.2. The molecule has 4 heterocycles. The third kappa shape index (κ3) is 8.93. The highest BCUT2D eigenvalue weighted by atomic mass is 32.1. The summed E-state index contributed by atoms with van der Waals surface area (Å²) in [6, 6.07) is 92.9. The number of aryl methyl sites for hydroxylation is 2. The summed E-state index contributed by atoms with van der Waals surface area (Å²) in [7, 11) is -2.96. The van der Waals surface area contributed by atoms with E-state index in [4.69, 9.17) is 4.42 Å². The number of nitrogens with zero attached hydrogens (tertiary/aromatic N) is 4. The molecule has 0 N–H and O–H groups in total. The molecule has 0 atom stereocenters. The highest BCUT2D eigenvalue weighted by Gasteiger charge is 2.48. The molecule has 0 spiro atoms. The van der Waals surface area contributed by atoms with E-state index in [1.54, 1.807) is 0 Å². The molecule has 15 rings (SSSR count). The zero-order valence-electron chi connectivity index (χ0n) is 51.3. The molecule has 0 radical (unpaired) electrons. The molecular formula is C80H67BN4OSSi. The van der Waals surface area contributed by atoms with Crippen LogP contribution in [0.15, 0.2) is 247 Å². The van der Waals surface area contributed by atoms with Crippen LogP contribution >= 0.6 is 11.3 Å². The molecule has 2 aliphatic rings. The van der Waals surface area contributed by atoms with Crippen LogP contribution in [0.4, 0.5) is 51.2 Å². The number of rotatable bonds is 9. The predicted octanol–water partition coefficient (Wildman–Crippen LogP) is 18.2. The van der Waals surface area contributed by atoms with Crippen molar-refractivity contribution in [1.29, 1.82) is 5.26 Å². The van der Waals surface area contributed by atoms with Gasteiger partial charge < -0.3 is 19.1 Å². The summed E-state index contributed by atoms with van der Waals surface area (Å²) in [4.78, 5) is 7.60. The highest BCUT2D eigenvalue weighted by Crippen LogP contribution is 2.52. The second kappa shape index (κ2) is 20.8. The standard InChI is InChI=1S/C80H67BN4OSSi/c1-51-20-17-24-60(44-51)88(9,61-25-18-21-52(2)45-61)62-48-71-75-72(49-62)85(69-30-19-28-65-64-27-14-16-31-73(64)86-77(65)69)70-47-59(83(57-39-34-55(35-40-57)79(3,4)5)68-29-15-13-26-63(68)54-22-11-10-12-23-54)41-42-67(70)81(75)78-76(84(71)58-37-32-53(50-82)33-38-58)66-46-56(80(6,7)8)36-43-74(66)87-78/h10-49H,1-9H3. The maximum Gasteiger partial charge on any atom is 0.264 e. The quantitative estimate of drug-likeness (QED) is 0.106. The number of nitriles is 1. The van der Waals surface area contributed by atoms with Crippen molar-refractivity contribution < 1.29 is 4.42 Å². The predicted molar refractivity (Wildman–Crippen MR) is 378 cm³/mol. The van der Waals surface area contributed by atoms with Crippen LogP contribution in [0.25, 0.3) is 43.2 Å². The van der Waals surface area contributed by atoms with E-state index >= 15 is 0 Å². The smallest absolute Gasteiger partial charge is 0.264 e. The summed E-state index contributed by atoms with van der Waals surface area (Å²) in [6.07, 6.45) is 0. The minimum Gasteiger partial charge on any atom is -0.454 e. The number of furan rings is 1. The van der Waals surface area contributed by atoms with Crippen molar-refractivity contribution >= 4 is 141 Å². The van der Waals surface area contributed by atoms with Crippen molar-refractivity contribution in [2.75, 3.05) is 14.7 Å². The van der Waals surface area contributed by atoms with E-state index in [1.807, 2.05) is 23.5 Å². The van der Waals surface area contributed by atoms with Gasteiger partial charge in [0.05, 0.1) is 28.7 Å². The van der Waals surface area contributed by atoms with Crippen LogP contribution in [0.1, 0.15) is 69.4 Å². The number of para-hydroxylation sites is 3. The lowest BCUT2D eigenvalue weighted by Gasteiger charge is -2.45. The molecule has 0 saturated carbocycles. The van der Waals surface area contributed by atoms with Gasteiger partial charge >= 0.3 is 0 Å². The normalized spacial score (nSPS) is 13.0. The van der Waals surface area contributed by atoms with Gasteiger partial charge in [0.2, 0.25) is 0 Å². The van der Waals surface area contributed by atoms with E-state index in [9.17, 15) is 5.26 Å². The summed E-state index contributed by atoms with van der Waals surface area (Å²) >= 11 is 1.91. The Balaban J connectivity index is 1.10. The van der Waals surface area contributed by atoms with E-state index < -0.39 is 8.07 Å². The fourth-order valence-electron chi connectivity index (χ4n) is 14.0. The Morgan fingerprint density at radius 1 is 0.511 bits per heavy atom. The van der Waals surface area contributed by atoms with Crippen LogP contribution in [0, 0.1) is 25.2 Å². The molecule has 426 valence electrons. The first-order chi connectivity index (χ1) is 42.5. The van der Waals surface area contributed by atoms with Gasteiger partial charge in [-0.05, 0) is 159 Å².